The van der Waals surface area contributed by atoms with Crippen LogP contribution in [0.4, 0.5) is 0 Å². The van der Waals surface area contributed by atoms with Gasteiger partial charge in [-0.25, -0.2) is 9.97 Å². The number of hydrogen-bond donors (Lipinski definition) is 0. The molecular formula is C44H30N2. The third-order valence-corrected chi connectivity index (χ3v) is 8.49. The lowest BCUT2D eigenvalue weighted by Crippen LogP contribution is -2.00. The van der Waals surface area contributed by atoms with Gasteiger partial charge in [0.1, 0.15) is 0 Å². The molecule has 8 aromatic rings. The van der Waals surface area contributed by atoms with E-state index in [9.17, 15) is 0 Å². The highest BCUT2D eigenvalue weighted by Crippen LogP contribution is 2.44. The normalized spacial score (nSPS) is 11.0. The van der Waals surface area contributed by atoms with Gasteiger partial charge in [0.2, 0.25) is 0 Å². The van der Waals surface area contributed by atoms with Crippen molar-refractivity contribution >= 4 is 11.0 Å². The van der Waals surface area contributed by atoms with E-state index < -0.39 is 0 Å². The minimum Gasteiger partial charge on any atom is -0.243 e. The van der Waals surface area contributed by atoms with Crippen LogP contribution in [-0.2, 0) is 0 Å². The summed E-state index contributed by atoms with van der Waals surface area (Å²) in [6.07, 6.45) is 0. The van der Waals surface area contributed by atoms with Gasteiger partial charge < -0.3 is 0 Å². The molecule has 2 heteroatoms. The van der Waals surface area contributed by atoms with E-state index in [0.29, 0.717) is 0 Å². The van der Waals surface area contributed by atoms with Crippen LogP contribution in [0.3, 0.4) is 0 Å². The van der Waals surface area contributed by atoms with Crippen LogP contribution in [-0.4, -0.2) is 9.97 Å². The first kappa shape index (κ1) is 27.4. The van der Waals surface area contributed by atoms with Crippen LogP contribution in [0.5, 0.6) is 0 Å². The van der Waals surface area contributed by atoms with Crippen LogP contribution < -0.4 is 0 Å². The number of benzene rings is 7. The van der Waals surface area contributed by atoms with Gasteiger partial charge in [-0.3, -0.25) is 0 Å². The molecule has 216 valence electrons. The van der Waals surface area contributed by atoms with Crippen LogP contribution in [0, 0.1) is 0 Å². The fourth-order valence-corrected chi connectivity index (χ4v) is 6.24. The first-order valence-electron chi connectivity index (χ1n) is 15.6. The van der Waals surface area contributed by atoms with Crippen LogP contribution in [0.25, 0.3) is 78.1 Å². The lowest BCUT2D eigenvalue weighted by molar-refractivity contribution is 1.29. The number of fused-ring (bicyclic) bond motifs is 1. The van der Waals surface area contributed by atoms with Crippen LogP contribution in [0.1, 0.15) is 0 Å². The van der Waals surface area contributed by atoms with Crippen molar-refractivity contribution in [2.24, 2.45) is 0 Å². The minimum absolute atomic E-state index is 0.868. The van der Waals surface area contributed by atoms with Gasteiger partial charge in [-0.15, -0.1) is 0 Å². The fourth-order valence-electron chi connectivity index (χ4n) is 6.24. The zero-order valence-electron chi connectivity index (χ0n) is 25.2. The summed E-state index contributed by atoms with van der Waals surface area (Å²) in [6.45, 7) is 0. The summed E-state index contributed by atoms with van der Waals surface area (Å²) in [5.41, 5.74) is 14.6. The molecule has 1 aromatic heterocycles. The molecule has 7 aromatic carbocycles. The maximum atomic E-state index is 5.57. The predicted octanol–water partition coefficient (Wildman–Crippen LogP) is 11.6. The second kappa shape index (κ2) is 12.1. The number of rotatable bonds is 6. The van der Waals surface area contributed by atoms with Crippen molar-refractivity contribution in [2.45, 2.75) is 0 Å². The van der Waals surface area contributed by atoms with E-state index in [1.807, 2.05) is 12.1 Å². The highest BCUT2D eigenvalue weighted by Gasteiger charge is 2.22. The summed E-state index contributed by atoms with van der Waals surface area (Å²) in [5.74, 6) is 0. The second-order valence-electron chi connectivity index (χ2n) is 11.4. The van der Waals surface area contributed by atoms with Gasteiger partial charge >= 0.3 is 0 Å². The van der Waals surface area contributed by atoms with E-state index in [1.165, 1.54) is 11.1 Å². The van der Waals surface area contributed by atoms with E-state index >= 15 is 0 Å². The highest BCUT2D eigenvalue weighted by molar-refractivity contribution is 6.09. The topological polar surface area (TPSA) is 25.8 Å². The fraction of sp³-hybridized carbons (Fsp3) is 0. The molecule has 0 aliphatic rings. The van der Waals surface area contributed by atoms with Crippen LogP contribution >= 0.6 is 0 Å². The Morgan fingerprint density at radius 3 is 1.11 bits per heavy atom. The Labute approximate surface area is 269 Å². The molecular weight excluding hydrogens is 556 g/mol. The molecule has 0 fully saturated rings. The quantitative estimate of drug-likeness (QED) is 0.194. The molecule has 0 atom stereocenters. The molecule has 0 bridgehead atoms. The molecule has 2 nitrogen and oxygen atoms in total. The van der Waals surface area contributed by atoms with Gasteiger partial charge in [0.15, 0.2) is 0 Å². The van der Waals surface area contributed by atoms with E-state index in [0.717, 1.165) is 66.9 Å². The molecule has 0 aliphatic heterocycles. The molecule has 0 radical (unpaired) electrons. The smallest absolute Gasteiger partial charge is 0.0985 e. The monoisotopic (exact) mass is 586 g/mol. The average molecular weight is 587 g/mol. The molecule has 46 heavy (non-hydrogen) atoms. The lowest BCUT2D eigenvalue weighted by Gasteiger charge is -2.19. The van der Waals surface area contributed by atoms with Crippen molar-refractivity contribution in [2.75, 3.05) is 0 Å². The van der Waals surface area contributed by atoms with E-state index in [2.05, 4.69) is 170 Å². The van der Waals surface area contributed by atoms with Crippen molar-refractivity contribution in [1.29, 1.82) is 0 Å². The summed E-state index contributed by atoms with van der Waals surface area (Å²) in [5, 5.41) is 0. The third kappa shape index (κ3) is 5.16. The summed E-state index contributed by atoms with van der Waals surface area (Å²) in [6, 6.07) is 63.7. The van der Waals surface area contributed by atoms with Crippen molar-refractivity contribution in [3.63, 3.8) is 0 Å². The van der Waals surface area contributed by atoms with Gasteiger partial charge in [0, 0.05) is 22.3 Å². The van der Waals surface area contributed by atoms with Gasteiger partial charge in [0.25, 0.3) is 0 Å². The highest BCUT2D eigenvalue weighted by atomic mass is 14.8. The molecule has 0 unspecified atom stereocenters. The SMILES string of the molecule is c1ccc(-c2ccc(-c3cc(-c4ccccc4)c4nc(-c5ccccc5)c(-c5ccccc5)nc4c3-c3ccccc3)cc2)cc1. The summed E-state index contributed by atoms with van der Waals surface area (Å²) in [7, 11) is 0. The first-order chi connectivity index (χ1) is 22.8. The van der Waals surface area contributed by atoms with E-state index in [4.69, 9.17) is 9.97 Å². The Balaban J connectivity index is 1.48. The largest absolute Gasteiger partial charge is 0.243 e. The zero-order valence-corrected chi connectivity index (χ0v) is 25.2. The summed E-state index contributed by atoms with van der Waals surface area (Å²) in [4.78, 5) is 11.1. The summed E-state index contributed by atoms with van der Waals surface area (Å²) >= 11 is 0. The Kier molecular flexibility index (Phi) is 7.22. The molecule has 0 amide bonds. The molecule has 0 aliphatic carbocycles. The maximum absolute atomic E-state index is 5.57. The van der Waals surface area contributed by atoms with Gasteiger partial charge in [-0.05, 0) is 39.4 Å². The van der Waals surface area contributed by atoms with Gasteiger partial charge in [-0.2, -0.15) is 0 Å². The number of aromatic nitrogens is 2. The van der Waals surface area contributed by atoms with E-state index in [1.54, 1.807) is 0 Å². The predicted molar refractivity (Wildman–Crippen MR) is 192 cm³/mol. The molecule has 0 saturated carbocycles. The Bertz CT molecular complexity index is 2250. The van der Waals surface area contributed by atoms with E-state index in [-0.39, 0.29) is 0 Å². The zero-order chi connectivity index (χ0) is 30.7. The third-order valence-electron chi connectivity index (χ3n) is 8.49. The van der Waals surface area contributed by atoms with Crippen molar-refractivity contribution in [1.82, 2.24) is 9.97 Å². The molecule has 0 saturated heterocycles. The molecule has 0 N–H and O–H groups in total. The lowest BCUT2D eigenvalue weighted by atomic mass is 9.88. The van der Waals surface area contributed by atoms with Gasteiger partial charge in [0.05, 0.1) is 22.4 Å². The molecule has 8 rings (SSSR count). The van der Waals surface area contributed by atoms with Gasteiger partial charge in [-0.1, -0.05) is 176 Å². The second-order valence-corrected chi connectivity index (χ2v) is 11.4. The Morgan fingerprint density at radius 2 is 0.609 bits per heavy atom. The van der Waals surface area contributed by atoms with Crippen LogP contribution in [0.15, 0.2) is 182 Å². The van der Waals surface area contributed by atoms with Crippen LogP contribution in [0.2, 0.25) is 0 Å². The molecule has 0 spiro atoms. The standard InChI is InChI=1S/C44H30N2/c1-6-16-31(17-7-1)32-26-28-34(29-27-32)38-30-39(33-18-8-2-9-19-33)43-44(40(38)35-20-10-3-11-21-35)46-42(37-24-14-5-15-25-37)41(45-43)36-22-12-4-13-23-36/h1-30H. The first-order valence-corrected chi connectivity index (χ1v) is 15.6. The number of hydrogen-bond acceptors (Lipinski definition) is 2. The summed E-state index contributed by atoms with van der Waals surface area (Å²) < 4.78 is 0. The van der Waals surface area contributed by atoms with Crippen molar-refractivity contribution < 1.29 is 0 Å². The maximum Gasteiger partial charge on any atom is 0.0985 e. The van der Waals surface area contributed by atoms with Crippen molar-refractivity contribution in [3.8, 4) is 67.0 Å². The van der Waals surface area contributed by atoms with Crippen molar-refractivity contribution in [3.05, 3.63) is 182 Å². The average Bonchev–Trinajstić information content (AvgIpc) is 3.15. The number of nitrogens with zero attached hydrogens (tertiary/aromatic N) is 2. The Hall–Kier alpha value is -6.12. The molecule has 1 heterocycles. The minimum atomic E-state index is 0.868. The Morgan fingerprint density at radius 1 is 0.261 bits per heavy atom.